The van der Waals surface area contributed by atoms with Gasteiger partial charge in [-0.25, -0.2) is 8.42 Å². The minimum absolute atomic E-state index is 0.0914. The number of methoxy groups -OCH3 is 3. The highest BCUT2D eigenvalue weighted by Crippen LogP contribution is 2.40. The fourth-order valence-corrected chi connectivity index (χ4v) is 4.95. The van der Waals surface area contributed by atoms with Crippen molar-refractivity contribution in [3.8, 4) is 17.2 Å². The molecule has 8 nitrogen and oxygen atoms in total. The number of likely N-dealkylation sites (tertiary alicyclic amines) is 1. The van der Waals surface area contributed by atoms with E-state index in [1.807, 2.05) is 6.07 Å². The van der Waals surface area contributed by atoms with Crippen molar-refractivity contribution in [1.82, 2.24) is 4.90 Å². The van der Waals surface area contributed by atoms with Crippen LogP contribution in [0.3, 0.4) is 0 Å². The van der Waals surface area contributed by atoms with Gasteiger partial charge in [-0.05, 0) is 30.2 Å². The van der Waals surface area contributed by atoms with E-state index in [-0.39, 0.29) is 31.2 Å². The number of aryl methyl sites for hydroxylation is 1. The Morgan fingerprint density at radius 3 is 2.41 bits per heavy atom. The maximum Gasteiger partial charge on any atom is 0.222 e. The molecule has 1 amide bonds. The number of sulfone groups is 1. The first-order valence-electron chi connectivity index (χ1n) is 9.19. The van der Waals surface area contributed by atoms with Gasteiger partial charge in [-0.15, -0.1) is 0 Å². The van der Waals surface area contributed by atoms with E-state index in [1.165, 1.54) is 20.5 Å². The van der Waals surface area contributed by atoms with Crippen LogP contribution in [0.2, 0.25) is 0 Å². The van der Waals surface area contributed by atoms with Gasteiger partial charge in [0.25, 0.3) is 0 Å². The maximum absolute atomic E-state index is 12.5. The van der Waals surface area contributed by atoms with Crippen molar-refractivity contribution < 1.29 is 31.8 Å². The Balaban J connectivity index is 1.56. The number of furan rings is 1. The normalized spacial score (nSPS) is 14.4. The highest BCUT2D eigenvalue weighted by molar-refractivity contribution is 7.91. The monoisotopic (exact) mass is 423 g/mol. The fourth-order valence-electron chi connectivity index (χ4n) is 3.34. The van der Waals surface area contributed by atoms with Gasteiger partial charge in [0.05, 0.1) is 32.8 Å². The van der Waals surface area contributed by atoms with Crippen LogP contribution < -0.4 is 14.2 Å². The van der Waals surface area contributed by atoms with Crippen LogP contribution in [0.25, 0.3) is 0 Å². The van der Waals surface area contributed by atoms with Crippen LogP contribution in [-0.4, -0.2) is 58.9 Å². The summed E-state index contributed by atoms with van der Waals surface area (Å²) < 4.78 is 46.0. The molecule has 1 saturated heterocycles. The van der Waals surface area contributed by atoms with Gasteiger partial charge in [-0.2, -0.15) is 0 Å². The Morgan fingerprint density at radius 1 is 1.10 bits per heavy atom. The van der Waals surface area contributed by atoms with Crippen LogP contribution in [0.4, 0.5) is 0 Å². The minimum Gasteiger partial charge on any atom is -0.493 e. The molecular formula is C20H25NO7S. The van der Waals surface area contributed by atoms with Gasteiger partial charge in [0, 0.05) is 19.5 Å². The Bertz CT molecular complexity index is 947. The molecule has 3 rings (SSSR count). The number of hydrogen-bond acceptors (Lipinski definition) is 7. The van der Waals surface area contributed by atoms with Crippen molar-refractivity contribution >= 4 is 15.7 Å². The SMILES string of the molecule is COc1ccc(CCC(=O)N2CC(S(=O)(=O)Cc3ccco3)C2)c(OC)c1OC. The first-order valence-corrected chi connectivity index (χ1v) is 10.9. The van der Waals surface area contributed by atoms with Gasteiger partial charge in [-0.3, -0.25) is 4.79 Å². The largest absolute Gasteiger partial charge is 0.493 e. The van der Waals surface area contributed by atoms with E-state index in [0.717, 1.165) is 5.56 Å². The lowest BCUT2D eigenvalue weighted by Crippen LogP contribution is -2.57. The van der Waals surface area contributed by atoms with Gasteiger partial charge in [-0.1, -0.05) is 6.07 Å². The predicted molar refractivity (Wildman–Crippen MR) is 106 cm³/mol. The zero-order valence-electron chi connectivity index (χ0n) is 16.7. The average molecular weight is 423 g/mol. The number of carbonyl (C=O) groups excluding carboxylic acids is 1. The molecule has 158 valence electrons. The molecule has 0 saturated carbocycles. The van der Waals surface area contributed by atoms with Gasteiger partial charge in [0.1, 0.15) is 11.5 Å². The van der Waals surface area contributed by atoms with Gasteiger partial charge in [0.15, 0.2) is 21.3 Å². The van der Waals surface area contributed by atoms with Crippen molar-refractivity contribution in [3.63, 3.8) is 0 Å². The zero-order chi connectivity index (χ0) is 21.0. The molecule has 0 radical (unpaired) electrons. The van der Waals surface area contributed by atoms with Gasteiger partial charge < -0.3 is 23.5 Å². The van der Waals surface area contributed by atoms with E-state index in [0.29, 0.717) is 29.4 Å². The summed E-state index contributed by atoms with van der Waals surface area (Å²) in [5, 5.41) is -0.549. The Labute approximate surface area is 170 Å². The first-order chi connectivity index (χ1) is 13.9. The molecule has 0 atom stereocenters. The Hall–Kier alpha value is -2.68. The molecule has 0 unspecified atom stereocenters. The molecule has 1 aliphatic heterocycles. The maximum atomic E-state index is 12.5. The molecule has 1 fully saturated rings. The fraction of sp³-hybridized carbons (Fsp3) is 0.450. The number of ether oxygens (including phenoxy) is 3. The lowest BCUT2D eigenvalue weighted by Gasteiger charge is -2.38. The summed E-state index contributed by atoms with van der Waals surface area (Å²) in [6, 6.07) is 6.89. The highest BCUT2D eigenvalue weighted by Gasteiger charge is 2.39. The zero-order valence-corrected chi connectivity index (χ0v) is 17.5. The van der Waals surface area contributed by atoms with Crippen molar-refractivity contribution in [2.24, 2.45) is 0 Å². The first kappa shape index (κ1) is 21.0. The molecule has 0 N–H and O–H groups in total. The summed E-state index contributed by atoms with van der Waals surface area (Å²) in [6.45, 7) is 0.426. The summed E-state index contributed by atoms with van der Waals surface area (Å²) in [6.07, 6.45) is 2.14. The second-order valence-corrected chi connectivity index (χ2v) is 9.08. The Morgan fingerprint density at radius 2 is 1.83 bits per heavy atom. The van der Waals surface area contributed by atoms with Crippen molar-refractivity contribution in [2.45, 2.75) is 23.8 Å². The van der Waals surface area contributed by atoms with Crippen LogP contribution in [0, 0.1) is 0 Å². The third-order valence-corrected chi connectivity index (χ3v) is 7.03. The summed E-state index contributed by atoms with van der Waals surface area (Å²) in [5.41, 5.74) is 0.820. The van der Waals surface area contributed by atoms with Gasteiger partial charge >= 0.3 is 0 Å². The predicted octanol–water partition coefficient (Wildman–Crippen LogP) is 2.06. The smallest absolute Gasteiger partial charge is 0.222 e. The third-order valence-electron chi connectivity index (χ3n) is 5.03. The minimum atomic E-state index is -3.35. The molecule has 9 heteroatoms. The highest BCUT2D eigenvalue weighted by atomic mass is 32.2. The molecular weight excluding hydrogens is 398 g/mol. The quantitative estimate of drug-likeness (QED) is 0.609. The van der Waals surface area contributed by atoms with Crippen LogP contribution in [0.1, 0.15) is 17.7 Å². The van der Waals surface area contributed by atoms with E-state index in [9.17, 15) is 13.2 Å². The number of benzene rings is 1. The summed E-state index contributed by atoms with van der Waals surface area (Å²) in [4.78, 5) is 14.0. The molecule has 29 heavy (non-hydrogen) atoms. The van der Waals surface area contributed by atoms with E-state index >= 15 is 0 Å². The number of amides is 1. The number of rotatable bonds is 9. The summed E-state index contributed by atoms with van der Waals surface area (Å²) >= 11 is 0. The van der Waals surface area contributed by atoms with Crippen molar-refractivity contribution in [3.05, 3.63) is 41.9 Å². The lowest BCUT2D eigenvalue weighted by atomic mass is 10.1. The average Bonchev–Trinajstić information content (AvgIpc) is 3.15. The Kier molecular flexibility index (Phi) is 6.36. The molecule has 1 aromatic carbocycles. The third kappa shape index (κ3) is 4.50. The number of hydrogen-bond donors (Lipinski definition) is 0. The number of carbonyl (C=O) groups is 1. The molecule has 1 aromatic heterocycles. The molecule has 2 aromatic rings. The summed E-state index contributed by atoms with van der Waals surface area (Å²) in [5.74, 6) is 1.73. The van der Waals surface area contributed by atoms with Crippen LogP contribution >= 0.6 is 0 Å². The van der Waals surface area contributed by atoms with E-state index in [1.54, 1.807) is 30.2 Å². The molecule has 2 heterocycles. The van der Waals surface area contributed by atoms with Crippen LogP contribution in [0.5, 0.6) is 17.2 Å². The van der Waals surface area contributed by atoms with E-state index in [4.69, 9.17) is 18.6 Å². The number of nitrogens with zero attached hydrogens (tertiary/aromatic N) is 1. The van der Waals surface area contributed by atoms with Gasteiger partial charge in [0.2, 0.25) is 11.7 Å². The van der Waals surface area contributed by atoms with Crippen LogP contribution in [0.15, 0.2) is 34.9 Å². The molecule has 0 aliphatic carbocycles. The molecule has 0 bridgehead atoms. The second kappa shape index (κ2) is 8.77. The summed E-state index contributed by atoms with van der Waals surface area (Å²) in [7, 11) is 1.26. The molecule has 0 spiro atoms. The lowest BCUT2D eigenvalue weighted by molar-refractivity contribution is -0.134. The molecule has 1 aliphatic rings. The second-order valence-electron chi connectivity index (χ2n) is 6.80. The topological polar surface area (TPSA) is 95.3 Å². The standard InChI is InChI=1S/C20H25NO7S/c1-25-17-8-6-14(19(26-2)20(17)27-3)7-9-18(22)21-11-16(12-21)29(23,24)13-15-5-4-10-28-15/h4-6,8,10,16H,7,9,11-13H2,1-3H3. The van der Waals surface area contributed by atoms with Crippen LogP contribution in [-0.2, 0) is 26.8 Å². The van der Waals surface area contributed by atoms with Crippen molar-refractivity contribution in [1.29, 1.82) is 0 Å². The van der Waals surface area contributed by atoms with E-state index in [2.05, 4.69) is 0 Å². The van der Waals surface area contributed by atoms with Crippen molar-refractivity contribution in [2.75, 3.05) is 34.4 Å². The van der Waals surface area contributed by atoms with E-state index < -0.39 is 15.1 Å².